The third kappa shape index (κ3) is 4.55. The highest BCUT2D eigenvalue weighted by Crippen LogP contribution is 2.25. The van der Waals surface area contributed by atoms with Gasteiger partial charge in [0.05, 0.1) is 19.2 Å². The first-order valence-corrected chi connectivity index (χ1v) is 8.95. The first kappa shape index (κ1) is 19.9. The number of hydrogen-bond donors (Lipinski definition) is 2. The van der Waals surface area contributed by atoms with Gasteiger partial charge in [-0.25, -0.2) is 0 Å². The first-order chi connectivity index (χ1) is 14.0. The Kier molecular flexibility index (Phi) is 6.13. The van der Waals surface area contributed by atoms with Crippen LogP contribution in [0.2, 0.25) is 0 Å². The van der Waals surface area contributed by atoms with E-state index in [1.54, 1.807) is 48.1 Å². The summed E-state index contributed by atoms with van der Waals surface area (Å²) in [4.78, 5) is 35.6. The normalized spacial score (nSPS) is 10.5. The van der Waals surface area contributed by atoms with Crippen LogP contribution in [0.1, 0.15) is 10.4 Å². The molecule has 2 amide bonds. The molecule has 0 spiro atoms. The summed E-state index contributed by atoms with van der Waals surface area (Å²) < 4.78 is 12.4. The van der Waals surface area contributed by atoms with E-state index in [-0.39, 0.29) is 24.6 Å². The summed E-state index contributed by atoms with van der Waals surface area (Å²) in [5.74, 6) is -0.872. The second kappa shape index (κ2) is 8.92. The molecule has 3 N–H and O–H groups in total. The number of primary amides is 1. The van der Waals surface area contributed by atoms with E-state index in [1.165, 1.54) is 6.20 Å². The molecule has 8 heteroatoms. The lowest BCUT2D eigenvalue weighted by atomic mass is 10.1. The number of Topliss-reactive ketones (excluding diaryl/α,β-unsaturated/α-hetero) is 1. The molecule has 29 heavy (non-hydrogen) atoms. The maximum absolute atomic E-state index is 12.3. The lowest BCUT2D eigenvalue weighted by Gasteiger charge is -2.11. The largest absolute Gasteiger partial charge is 0.493 e. The number of amides is 2. The van der Waals surface area contributed by atoms with Crippen LogP contribution >= 0.6 is 0 Å². The van der Waals surface area contributed by atoms with Gasteiger partial charge in [0.15, 0.2) is 11.5 Å². The standard InChI is InChI=1S/C21H21N3O5/c1-28-17-8-4-5-9-18(17)29-11-10-23-19(25)13-24-12-15(20(26)21(22)27)14-6-2-3-7-16(14)24/h2-9,12H,10-11,13H2,1H3,(H2,22,27)(H,23,25). The van der Waals surface area contributed by atoms with Gasteiger partial charge in [-0.15, -0.1) is 0 Å². The number of aromatic nitrogens is 1. The third-order valence-corrected chi connectivity index (χ3v) is 4.32. The first-order valence-electron chi connectivity index (χ1n) is 8.95. The van der Waals surface area contributed by atoms with E-state index in [1.807, 2.05) is 12.1 Å². The van der Waals surface area contributed by atoms with E-state index in [2.05, 4.69) is 5.32 Å². The number of nitrogens with two attached hydrogens (primary N) is 1. The summed E-state index contributed by atoms with van der Waals surface area (Å²) in [5.41, 5.74) is 5.96. The molecule has 3 rings (SSSR count). The molecule has 0 atom stereocenters. The van der Waals surface area contributed by atoms with E-state index in [9.17, 15) is 14.4 Å². The van der Waals surface area contributed by atoms with Gasteiger partial charge in [0.2, 0.25) is 5.91 Å². The fourth-order valence-electron chi connectivity index (χ4n) is 2.99. The highest BCUT2D eigenvalue weighted by Gasteiger charge is 2.19. The molecule has 0 aliphatic rings. The van der Waals surface area contributed by atoms with E-state index in [0.29, 0.717) is 28.9 Å². The third-order valence-electron chi connectivity index (χ3n) is 4.32. The molecule has 0 fully saturated rings. The molecule has 3 aromatic rings. The second-order valence-electron chi connectivity index (χ2n) is 6.23. The number of nitrogens with zero attached hydrogens (tertiary/aromatic N) is 1. The number of rotatable bonds is 9. The van der Waals surface area contributed by atoms with Crippen molar-refractivity contribution in [3.63, 3.8) is 0 Å². The van der Waals surface area contributed by atoms with Crippen molar-refractivity contribution in [1.82, 2.24) is 9.88 Å². The van der Waals surface area contributed by atoms with E-state index < -0.39 is 11.7 Å². The number of carbonyl (C=O) groups is 3. The van der Waals surface area contributed by atoms with Gasteiger partial charge in [-0.05, 0) is 18.2 Å². The van der Waals surface area contributed by atoms with Crippen LogP contribution in [0.25, 0.3) is 10.9 Å². The summed E-state index contributed by atoms with van der Waals surface area (Å²) in [5, 5.41) is 3.34. The van der Waals surface area contributed by atoms with Gasteiger partial charge < -0.3 is 25.1 Å². The van der Waals surface area contributed by atoms with E-state index >= 15 is 0 Å². The van der Waals surface area contributed by atoms with Crippen molar-refractivity contribution in [2.45, 2.75) is 6.54 Å². The van der Waals surface area contributed by atoms with Gasteiger partial charge in [-0.1, -0.05) is 30.3 Å². The Hall–Kier alpha value is -3.81. The number of fused-ring (bicyclic) bond motifs is 1. The number of ether oxygens (including phenoxy) is 2. The summed E-state index contributed by atoms with van der Waals surface area (Å²) in [6, 6.07) is 14.3. The fraction of sp³-hybridized carbons (Fsp3) is 0.190. The van der Waals surface area contributed by atoms with Crippen LogP contribution in [-0.4, -0.2) is 42.4 Å². The van der Waals surface area contributed by atoms with Gasteiger partial charge in [0.25, 0.3) is 11.7 Å². The molecule has 150 valence electrons. The molecular weight excluding hydrogens is 374 g/mol. The summed E-state index contributed by atoms with van der Waals surface area (Å²) in [7, 11) is 1.56. The van der Waals surface area contributed by atoms with Crippen LogP contribution in [0.3, 0.4) is 0 Å². The molecule has 1 aromatic heterocycles. The smallest absolute Gasteiger partial charge is 0.289 e. The SMILES string of the molecule is COc1ccccc1OCCNC(=O)Cn1cc(C(=O)C(N)=O)c2ccccc21. The molecule has 0 bridgehead atoms. The van der Waals surface area contributed by atoms with Crippen LogP contribution in [-0.2, 0) is 16.1 Å². The molecule has 2 aromatic carbocycles. The molecule has 0 aliphatic heterocycles. The predicted octanol–water partition coefficient (Wildman–Crippen LogP) is 1.51. The highest BCUT2D eigenvalue weighted by atomic mass is 16.5. The van der Waals surface area contributed by atoms with Crippen molar-refractivity contribution < 1.29 is 23.9 Å². The molecule has 0 aliphatic carbocycles. The molecule has 1 heterocycles. The maximum Gasteiger partial charge on any atom is 0.289 e. The van der Waals surface area contributed by atoms with Crippen LogP contribution in [0.5, 0.6) is 11.5 Å². The quantitative estimate of drug-likeness (QED) is 0.324. The number of methoxy groups -OCH3 is 1. The fourth-order valence-corrected chi connectivity index (χ4v) is 2.99. The Labute approximate surface area is 167 Å². The van der Waals surface area contributed by atoms with Crippen molar-refractivity contribution in [1.29, 1.82) is 0 Å². The van der Waals surface area contributed by atoms with Gasteiger partial charge >= 0.3 is 0 Å². The highest BCUT2D eigenvalue weighted by molar-refractivity contribution is 6.44. The van der Waals surface area contributed by atoms with Crippen molar-refractivity contribution in [3.8, 4) is 11.5 Å². The van der Waals surface area contributed by atoms with Gasteiger partial charge in [0, 0.05) is 17.1 Å². The minimum absolute atomic E-state index is 0.0127. The van der Waals surface area contributed by atoms with Gasteiger partial charge in [-0.3, -0.25) is 14.4 Å². The van der Waals surface area contributed by atoms with Crippen LogP contribution < -0.4 is 20.5 Å². The number of carbonyl (C=O) groups excluding carboxylic acids is 3. The topological polar surface area (TPSA) is 113 Å². The zero-order valence-electron chi connectivity index (χ0n) is 15.9. The summed E-state index contributed by atoms with van der Waals surface area (Å²) in [6.45, 7) is 0.550. The van der Waals surface area contributed by atoms with Crippen molar-refractivity contribution in [3.05, 3.63) is 60.3 Å². The van der Waals surface area contributed by atoms with Crippen LogP contribution in [0.15, 0.2) is 54.7 Å². The molecule has 0 saturated heterocycles. The molecule has 0 unspecified atom stereocenters. The second-order valence-corrected chi connectivity index (χ2v) is 6.23. The van der Waals surface area contributed by atoms with Crippen molar-refractivity contribution in [2.24, 2.45) is 5.73 Å². The Morgan fingerprint density at radius 3 is 2.45 bits per heavy atom. The van der Waals surface area contributed by atoms with Gasteiger partial charge in [-0.2, -0.15) is 0 Å². The van der Waals surface area contributed by atoms with Gasteiger partial charge in [0.1, 0.15) is 13.2 Å². The zero-order chi connectivity index (χ0) is 20.8. The molecular formula is C21H21N3O5. The average molecular weight is 395 g/mol. The Morgan fingerprint density at radius 2 is 1.72 bits per heavy atom. The minimum atomic E-state index is -1.04. The van der Waals surface area contributed by atoms with E-state index in [0.717, 1.165) is 0 Å². The average Bonchev–Trinajstić information content (AvgIpc) is 3.09. The molecule has 0 saturated carbocycles. The Bertz CT molecular complexity index is 1060. The maximum atomic E-state index is 12.3. The monoisotopic (exact) mass is 395 g/mol. The zero-order valence-corrected chi connectivity index (χ0v) is 15.9. The molecule has 0 radical (unpaired) electrons. The number of para-hydroxylation sites is 3. The van der Waals surface area contributed by atoms with Crippen molar-refractivity contribution >= 4 is 28.5 Å². The lowest BCUT2D eigenvalue weighted by Crippen LogP contribution is -2.31. The lowest BCUT2D eigenvalue weighted by molar-refractivity contribution is -0.121. The summed E-state index contributed by atoms with van der Waals surface area (Å²) >= 11 is 0. The van der Waals surface area contributed by atoms with E-state index in [4.69, 9.17) is 15.2 Å². The Balaban J connectivity index is 1.61. The van der Waals surface area contributed by atoms with Crippen LogP contribution in [0.4, 0.5) is 0 Å². The predicted molar refractivity (Wildman–Crippen MR) is 107 cm³/mol. The summed E-state index contributed by atoms with van der Waals surface area (Å²) in [6.07, 6.45) is 1.47. The number of ketones is 1. The Morgan fingerprint density at radius 1 is 1.03 bits per heavy atom. The van der Waals surface area contributed by atoms with Crippen LogP contribution in [0, 0.1) is 0 Å². The number of benzene rings is 2. The number of nitrogens with one attached hydrogen (secondary N) is 1. The van der Waals surface area contributed by atoms with Crippen molar-refractivity contribution in [2.75, 3.05) is 20.3 Å². The minimum Gasteiger partial charge on any atom is -0.493 e. The molecule has 8 nitrogen and oxygen atoms in total. The number of hydrogen-bond acceptors (Lipinski definition) is 5.